The molecule has 1 aliphatic heterocycles. The summed E-state index contributed by atoms with van der Waals surface area (Å²) in [5, 5.41) is 0. The fourth-order valence-corrected chi connectivity index (χ4v) is 2.95. The van der Waals surface area contributed by atoms with E-state index in [9.17, 15) is 0 Å². The molecule has 0 aromatic heterocycles. The van der Waals surface area contributed by atoms with Crippen molar-refractivity contribution in [2.75, 3.05) is 33.3 Å². The Morgan fingerprint density at radius 2 is 2.05 bits per heavy atom. The van der Waals surface area contributed by atoms with Gasteiger partial charge in [-0.1, -0.05) is 19.1 Å². The lowest BCUT2D eigenvalue weighted by Gasteiger charge is -2.33. The minimum atomic E-state index is 0.150. The highest BCUT2D eigenvalue weighted by molar-refractivity contribution is 5.29. The molecular weight excluding hydrogens is 236 g/mol. The molecular formula is C16H26N2O. The zero-order valence-corrected chi connectivity index (χ0v) is 12.2. The highest BCUT2D eigenvalue weighted by atomic mass is 16.5. The quantitative estimate of drug-likeness (QED) is 0.855. The summed E-state index contributed by atoms with van der Waals surface area (Å²) in [5.41, 5.74) is 7.51. The molecule has 1 aromatic carbocycles. The average Bonchev–Trinajstić information content (AvgIpc) is 2.91. The SMILES string of the molecule is COc1cccc(CC(C)(CN)CN2CCCC2)c1. The first-order valence-electron chi connectivity index (χ1n) is 7.20. The van der Waals surface area contributed by atoms with Crippen LogP contribution in [0.1, 0.15) is 25.3 Å². The molecule has 0 spiro atoms. The minimum absolute atomic E-state index is 0.150. The number of hydrogen-bond acceptors (Lipinski definition) is 3. The molecule has 1 aromatic rings. The third-order valence-corrected chi connectivity index (χ3v) is 4.06. The van der Waals surface area contributed by atoms with Crippen LogP contribution in [0.5, 0.6) is 5.75 Å². The fraction of sp³-hybridized carbons (Fsp3) is 0.625. The summed E-state index contributed by atoms with van der Waals surface area (Å²) in [5.74, 6) is 0.929. The predicted molar refractivity (Wildman–Crippen MR) is 79.5 cm³/mol. The minimum Gasteiger partial charge on any atom is -0.497 e. The molecule has 0 amide bonds. The second kappa shape index (κ2) is 6.40. The zero-order valence-electron chi connectivity index (χ0n) is 12.2. The van der Waals surface area contributed by atoms with Crippen LogP contribution in [0.15, 0.2) is 24.3 Å². The van der Waals surface area contributed by atoms with Crippen LogP contribution in [0.25, 0.3) is 0 Å². The molecule has 1 heterocycles. The molecule has 3 nitrogen and oxygen atoms in total. The molecule has 1 saturated heterocycles. The van der Waals surface area contributed by atoms with Crippen LogP contribution in [0.2, 0.25) is 0 Å². The van der Waals surface area contributed by atoms with Crippen molar-refractivity contribution < 1.29 is 4.74 Å². The number of ether oxygens (including phenoxy) is 1. The first-order valence-corrected chi connectivity index (χ1v) is 7.20. The van der Waals surface area contributed by atoms with E-state index in [1.807, 2.05) is 6.07 Å². The zero-order chi connectivity index (χ0) is 13.7. The van der Waals surface area contributed by atoms with Gasteiger partial charge < -0.3 is 15.4 Å². The lowest BCUT2D eigenvalue weighted by atomic mass is 9.83. The Hall–Kier alpha value is -1.06. The van der Waals surface area contributed by atoms with E-state index in [0.29, 0.717) is 0 Å². The normalized spacial score (nSPS) is 19.3. The first kappa shape index (κ1) is 14.4. The maximum Gasteiger partial charge on any atom is 0.119 e. The van der Waals surface area contributed by atoms with Crippen molar-refractivity contribution in [3.8, 4) is 5.75 Å². The van der Waals surface area contributed by atoms with Gasteiger partial charge in [-0.05, 0) is 62.0 Å². The third-order valence-electron chi connectivity index (χ3n) is 4.06. The molecule has 0 saturated carbocycles. The van der Waals surface area contributed by atoms with E-state index in [0.717, 1.165) is 25.3 Å². The maximum atomic E-state index is 6.05. The number of nitrogens with zero attached hydrogens (tertiary/aromatic N) is 1. The van der Waals surface area contributed by atoms with Gasteiger partial charge in [0.2, 0.25) is 0 Å². The molecule has 1 fully saturated rings. The monoisotopic (exact) mass is 262 g/mol. The molecule has 1 aliphatic rings. The van der Waals surface area contributed by atoms with Crippen molar-refractivity contribution in [3.63, 3.8) is 0 Å². The number of hydrogen-bond donors (Lipinski definition) is 1. The molecule has 2 rings (SSSR count). The summed E-state index contributed by atoms with van der Waals surface area (Å²) in [6.45, 7) is 6.58. The molecule has 19 heavy (non-hydrogen) atoms. The summed E-state index contributed by atoms with van der Waals surface area (Å²) < 4.78 is 5.29. The number of methoxy groups -OCH3 is 1. The van der Waals surface area contributed by atoms with Gasteiger partial charge >= 0.3 is 0 Å². The highest BCUT2D eigenvalue weighted by Crippen LogP contribution is 2.26. The van der Waals surface area contributed by atoms with Gasteiger partial charge in [-0.3, -0.25) is 0 Å². The molecule has 3 heteroatoms. The van der Waals surface area contributed by atoms with Gasteiger partial charge in [-0.25, -0.2) is 0 Å². The second-order valence-corrected chi connectivity index (χ2v) is 6.03. The Labute approximate surface area is 116 Å². The maximum absolute atomic E-state index is 6.05. The van der Waals surface area contributed by atoms with Crippen molar-refractivity contribution in [1.29, 1.82) is 0 Å². The average molecular weight is 262 g/mol. The Morgan fingerprint density at radius 3 is 2.68 bits per heavy atom. The number of nitrogens with two attached hydrogens (primary N) is 1. The summed E-state index contributed by atoms with van der Waals surface area (Å²) in [6, 6.07) is 8.34. The Balaban J connectivity index is 2.03. The van der Waals surface area contributed by atoms with Crippen LogP contribution in [0.3, 0.4) is 0 Å². The number of rotatable bonds is 6. The van der Waals surface area contributed by atoms with E-state index in [1.165, 1.54) is 31.5 Å². The molecule has 0 radical (unpaired) electrons. The topological polar surface area (TPSA) is 38.5 Å². The lowest BCUT2D eigenvalue weighted by molar-refractivity contribution is 0.196. The number of benzene rings is 1. The van der Waals surface area contributed by atoms with Gasteiger partial charge in [0.15, 0.2) is 0 Å². The van der Waals surface area contributed by atoms with Gasteiger partial charge in [0.25, 0.3) is 0 Å². The van der Waals surface area contributed by atoms with Crippen LogP contribution in [0.4, 0.5) is 0 Å². The molecule has 2 N–H and O–H groups in total. The summed E-state index contributed by atoms with van der Waals surface area (Å²) in [7, 11) is 1.71. The summed E-state index contributed by atoms with van der Waals surface area (Å²) >= 11 is 0. The Kier molecular flexibility index (Phi) is 4.83. The van der Waals surface area contributed by atoms with Gasteiger partial charge in [0, 0.05) is 6.54 Å². The van der Waals surface area contributed by atoms with Gasteiger partial charge in [-0.2, -0.15) is 0 Å². The summed E-state index contributed by atoms with van der Waals surface area (Å²) in [4.78, 5) is 2.55. The predicted octanol–water partition coefficient (Wildman–Crippen LogP) is 2.30. The van der Waals surface area contributed by atoms with Crippen LogP contribution in [-0.4, -0.2) is 38.2 Å². The van der Waals surface area contributed by atoms with Crippen molar-refractivity contribution in [2.24, 2.45) is 11.1 Å². The van der Waals surface area contributed by atoms with Crippen LogP contribution < -0.4 is 10.5 Å². The third kappa shape index (κ3) is 3.95. The molecule has 0 aliphatic carbocycles. The van der Waals surface area contributed by atoms with Crippen molar-refractivity contribution in [3.05, 3.63) is 29.8 Å². The van der Waals surface area contributed by atoms with E-state index in [-0.39, 0.29) is 5.41 Å². The standard InChI is InChI=1S/C16H26N2O/c1-16(12-17,13-18-8-3-4-9-18)11-14-6-5-7-15(10-14)19-2/h5-7,10H,3-4,8-9,11-13,17H2,1-2H3. The van der Waals surface area contributed by atoms with Gasteiger partial charge in [-0.15, -0.1) is 0 Å². The van der Waals surface area contributed by atoms with E-state index in [2.05, 4.69) is 30.0 Å². The molecule has 0 bridgehead atoms. The summed E-state index contributed by atoms with van der Waals surface area (Å²) in [6.07, 6.45) is 3.68. The van der Waals surface area contributed by atoms with Crippen LogP contribution in [0, 0.1) is 5.41 Å². The van der Waals surface area contributed by atoms with E-state index < -0.39 is 0 Å². The highest BCUT2D eigenvalue weighted by Gasteiger charge is 2.27. The van der Waals surface area contributed by atoms with Gasteiger partial charge in [0.1, 0.15) is 5.75 Å². The van der Waals surface area contributed by atoms with Crippen molar-refractivity contribution in [1.82, 2.24) is 4.90 Å². The fourth-order valence-electron chi connectivity index (χ4n) is 2.95. The smallest absolute Gasteiger partial charge is 0.119 e. The van der Waals surface area contributed by atoms with Crippen LogP contribution in [-0.2, 0) is 6.42 Å². The molecule has 1 unspecified atom stereocenters. The molecule has 1 atom stereocenters. The first-order chi connectivity index (χ1) is 9.15. The van der Waals surface area contributed by atoms with E-state index >= 15 is 0 Å². The lowest BCUT2D eigenvalue weighted by Crippen LogP contribution is -2.41. The van der Waals surface area contributed by atoms with Crippen molar-refractivity contribution >= 4 is 0 Å². The van der Waals surface area contributed by atoms with E-state index in [4.69, 9.17) is 10.5 Å². The Bertz CT molecular complexity index is 401. The van der Waals surface area contributed by atoms with Gasteiger partial charge in [0.05, 0.1) is 7.11 Å². The van der Waals surface area contributed by atoms with Crippen LogP contribution >= 0.6 is 0 Å². The largest absolute Gasteiger partial charge is 0.497 e. The number of likely N-dealkylation sites (tertiary alicyclic amines) is 1. The van der Waals surface area contributed by atoms with Crippen molar-refractivity contribution in [2.45, 2.75) is 26.2 Å². The second-order valence-electron chi connectivity index (χ2n) is 6.03. The molecule has 106 valence electrons. The van der Waals surface area contributed by atoms with E-state index in [1.54, 1.807) is 7.11 Å². The Morgan fingerprint density at radius 1 is 1.32 bits per heavy atom.